The molecule has 0 bridgehead atoms. The Kier molecular flexibility index (Phi) is 2.27. The topological polar surface area (TPSA) is 38.3 Å². The summed E-state index contributed by atoms with van der Waals surface area (Å²) in [6, 6.07) is 0. The number of hydrogen-bond donors (Lipinski definition) is 1. The minimum Gasteiger partial charge on any atom is -0.459 e. The molecule has 1 heterocycles. The SMILES string of the molecule is CC(C)C(=O)OC1CNC1. The lowest BCUT2D eigenvalue weighted by Gasteiger charge is -2.27. The van der Waals surface area contributed by atoms with Gasteiger partial charge in [0.25, 0.3) is 0 Å². The molecule has 1 N–H and O–H groups in total. The van der Waals surface area contributed by atoms with Crippen LogP contribution in [0.15, 0.2) is 0 Å². The van der Waals surface area contributed by atoms with Crippen LogP contribution in [0.5, 0.6) is 0 Å². The Bertz CT molecular complexity index is 130. The van der Waals surface area contributed by atoms with E-state index in [1.807, 2.05) is 13.8 Å². The summed E-state index contributed by atoms with van der Waals surface area (Å²) in [5, 5.41) is 3.03. The van der Waals surface area contributed by atoms with Crippen LogP contribution in [0.1, 0.15) is 13.8 Å². The van der Waals surface area contributed by atoms with E-state index in [0.717, 1.165) is 13.1 Å². The number of carbonyl (C=O) groups excluding carboxylic acids is 1. The molecule has 1 rings (SSSR count). The van der Waals surface area contributed by atoms with Gasteiger partial charge in [0.15, 0.2) is 0 Å². The van der Waals surface area contributed by atoms with E-state index < -0.39 is 0 Å². The van der Waals surface area contributed by atoms with Crippen LogP contribution >= 0.6 is 0 Å². The van der Waals surface area contributed by atoms with Crippen molar-refractivity contribution in [2.24, 2.45) is 5.92 Å². The Balaban J connectivity index is 2.17. The summed E-state index contributed by atoms with van der Waals surface area (Å²) in [4.78, 5) is 10.9. The van der Waals surface area contributed by atoms with Gasteiger partial charge in [-0.1, -0.05) is 13.8 Å². The maximum absolute atomic E-state index is 10.9. The van der Waals surface area contributed by atoms with E-state index >= 15 is 0 Å². The second-order valence-electron chi connectivity index (χ2n) is 2.87. The third-order valence-corrected chi connectivity index (χ3v) is 1.50. The molecule has 0 amide bonds. The predicted octanol–water partition coefficient (Wildman–Crippen LogP) is 0.157. The molecule has 58 valence electrons. The van der Waals surface area contributed by atoms with E-state index in [2.05, 4.69) is 5.32 Å². The zero-order valence-corrected chi connectivity index (χ0v) is 6.39. The van der Waals surface area contributed by atoms with Gasteiger partial charge in [0.1, 0.15) is 6.10 Å². The number of rotatable bonds is 2. The number of esters is 1. The molecule has 0 saturated carbocycles. The molecular formula is C7H13NO2. The first-order valence-electron chi connectivity index (χ1n) is 3.61. The monoisotopic (exact) mass is 143 g/mol. The van der Waals surface area contributed by atoms with Crippen molar-refractivity contribution in [3.05, 3.63) is 0 Å². The van der Waals surface area contributed by atoms with Gasteiger partial charge in [-0.25, -0.2) is 0 Å². The molecule has 0 unspecified atom stereocenters. The number of hydrogen-bond acceptors (Lipinski definition) is 3. The van der Waals surface area contributed by atoms with Gasteiger partial charge in [0.2, 0.25) is 0 Å². The highest BCUT2D eigenvalue weighted by Crippen LogP contribution is 2.03. The molecule has 0 aromatic carbocycles. The lowest BCUT2D eigenvalue weighted by Crippen LogP contribution is -2.49. The molecule has 10 heavy (non-hydrogen) atoms. The molecule has 1 fully saturated rings. The summed E-state index contributed by atoms with van der Waals surface area (Å²) < 4.78 is 5.05. The average molecular weight is 143 g/mol. The van der Waals surface area contributed by atoms with E-state index in [4.69, 9.17) is 4.74 Å². The maximum Gasteiger partial charge on any atom is 0.308 e. The zero-order valence-electron chi connectivity index (χ0n) is 6.39. The Labute approximate surface area is 60.7 Å². The van der Waals surface area contributed by atoms with E-state index in [9.17, 15) is 4.79 Å². The van der Waals surface area contributed by atoms with Gasteiger partial charge in [-0.2, -0.15) is 0 Å². The highest BCUT2D eigenvalue weighted by Gasteiger charge is 2.21. The van der Waals surface area contributed by atoms with Crippen LogP contribution in [0.2, 0.25) is 0 Å². The first kappa shape index (κ1) is 7.54. The predicted molar refractivity (Wildman–Crippen MR) is 37.6 cm³/mol. The van der Waals surface area contributed by atoms with Gasteiger partial charge < -0.3 is 10.1 Å². The fourth-order valence-corrected chi connectivity index (χ4v) is 0.646. The smallest absolute Gasteiger partial charge is 0.308 e. The van der Waals surface area contributed by atoms with Gasteiger partial charge in [-0.05, 0) is 0 Å². The third-order valence-electron chi connectivity index (χ3n) is 1.50. The van der Waals surface area contributed by atoms with Crippen molar-refractivity contribution >= 4 is 5.97 Å². The molecule has 0 aromatic heterocycles. The van der Waals surface area contributed by atoms with Crippen molar-refractivity contribution in [2.45, 2.75) is 20.0 Å². The minimum atomic E-state index is -0.0912. The van der Waals surface area contributed by atoms with Gasteiger partial charge >= 0.3 is 5.97 Å². The van der Waals surface area contributed by atoms with Gasteiger partial charge in [0, 0.05) is 13.1 Å². The van der Waals surface area contributed by atoms with Crippen molar-refractivity contribution in [3.8, 4) is 0 Å². The summed E-state index contributed by atoms with van der Waals surface area (Å²) in [7, 11) is 0. The lowest BCUT2D eigenvalue weighted by atomic mass is 10.2. The van der Waals surface area contributed by atoms with E-state index in [1.54, 1.807) is 0 Å². The summed E-state index contributed by atoms with van der Waals surface area (Å²) in [6.07, 6.45) is 0.134. The summed E-state index contributed by atoms with van der Waals surface area (Å²) >= 11 is 0. The van der Waals surface area contributed by atoms with Crippen molar-refractivity contribution in [2.75, 3.05) is 13.1 Å². The highest BCUT2D eigenvalue weighted by atomic mass is 16.5. The molecule has 0 spiro atoms. The normalized spacial score (nSPS) is 18.7. The van der Waals surface area contributed by atoms with Crippen LogP contribution in [0, 0.1) is 5.92 Å². The maximum atomic E-state index is 10.9. The summed E-state index contributed by atoms with van der Waals surface area (Å²) in [5.74, 6) is -0.0906. The summed E-state index contributed by atoms with van der Waals surface area (Å²) in [6.45, 7) is 5.32. The van der Waals surface area contributed by atoms with E-state index in [0.29, 0.717) is 0 Å². The first-order valence-corrected chi connectivity index (χ1v) is 3.61. The van der Waals surface area contributed by atoms with Crippen LogP contribution in [0.4, 0.5) is 0 Å². The molecule has 1 aliphatic rings. The summed E-state index contributed by atoms with van der Waals surface area (Å²) in [5.41, 5.74) is 0. The van der Waals surface area contributed by atoms with Gasteiger partial charge in [0.05, 0.1) is 5.92 Å². The first-order chi connectivity index (χ1) is 4.70. The van der Waals surface area contributed by atoms with Gasteiger partial charge in [-0.3, -0.25) is 4.79 Å². The van der Waals surface area contributed by atoms with Crippen molar-refractivity contribution in [3.63, 3.8) is 0 Å². The molecule has 0 radical (unpaired) electrons. The van der Waals surface area contributed by atoms with Crippen LogP contribution in [0.25, 0.3) is 0 Å². The van der Waals surface area contributed by atoms with E-state index in [1.165, 1.54) is 0 Å². The number of ether oxygens (including phenoxy) is 1. The molecular weight excluding hydrogens is 130 g/mol. The third kappa shape index (κ3) is 1.70. The van der Waals surface area contributed by atoms with Crippen LogP contribution < -0.4 is 5.32 Å². The van der Waals surface area contributed by atoms with Crippen molar-refractivity contribution in [1.82, 2.24) is 5.32 Å². The Hall–Kier alpha value is -0.570. The molecule has 3 nitrogen and oxygen atoms in total. The Morgan fingerprint density at radius 3 is 2.50 bits per heavy atom. The fourth-order valence-electron chi connectivity index (χ4n) is 0.646. The molecule has 3 heteroatoms. The number of nitrogens with one attached hydrogen (secondary N) is 1. The Morgan fingerprint density at radius 2 is 2.20 bits per heavy atom. The largest absolute Gasteiger partial charge is 0.459 e. The highest BCUT2D eigenvalue weighted by molar-refractivity contribution is 5.71. The zero-order chi connectivity index (χ0) is 7.56. The molecule has 1 saturated heterocycles. The standard InChI is InChI=1S/C7H13NO2/c1-5(2)7(9)10-6-3-8-4-6/h5-6,8H,3-4H2,1-2H3. The minimum absolute atomic E-state index is 0.000556. The van der Waals surface area contributed by atoms with Crippen LogP contribution in [-0.4, -0.2) is 25.2 Å². The molecule has 0 aliphatic carbocycles. The van der Waals surface area contributed by atoms with Crippen LogP contribution in [0.3, 0.4) is 0 Å². The average Bonchev–Trinajstić information content (AvgIpc) is 1.77. The second kappa shape index (κ2) is 3.01. The Morgan fingerprint density at radius 1 is 1.60 bits per heavy atom. The quantitative estimate of drug-likeness (QED) is 0.559. The lowest BCUT2D eigenvalue weighted by molar-refractivity contribution is -0.155. The van der Waals surface area contributed by atoms with Crippen LogP contribution in [-0.2, 0) is 9.53 Å². The van der Waals surface area contributed by atoms with E-state index in [-0.39, 0.29) is 18.0 Å². The molecule has 0 atom stereocenters. The van der Waals surface area contributed by atoms with Crippen molar-refractivity contribution in [1.29, 1.82) is 0 Å². The van der Waals surface area contributed by atoms with Crippen molar-refractivity contribution < 1.29 is 9.53 Å². The van der Waals surface area contributed by atoms with Gasteiger partial charge in [-0.15, -0.1) is 0 Å². The fraction of sp³-hybridized carbons (Fsp3) is 0.857. The number of carbonyl (C=O) groups is 1. The molecule has 0 aromatic rings. The second-order valence-corrected chi connectivity index (χ2v) is 2.87. The molecule has 1 aliphatic heterocycles.